The van der Waals surface area contributed by atoms with Crippen LogP contribution in [-0.2, 0) is 13.0 Å². The van der Waals surface area contributed by atoms with E-state index in [1.165, 1.54) is 27.9 Å². The monoisotopic (exact) mass is 374 g/mol. The number of rotatable bonds is 5. The summed E-state index contributed by atoms with van der Waals surface area (Å²) < 4.78 is 0. The van der Waals surface area contributed by atoms with E-state index in [0.29, 0.717) is 0 Å². The second kappa shape index (κ2) is 8.19. The van der Waals surface area contributed by atoms with Gasteiger partial charge in [0.25, 0.3) is 0 Å². The van der Waals surface area contributed by atoms with Crippen LogP contribution >= 0.6 is 0 Å². The molecule has 0 amide bonds. The number of para-hydroxylation sites is 1. The molecule has 3 aromatic rings. The Hall–Kier alpha value is -2.59. The highest BCUT2D eigenvalue weighted by atomic mass is 15.2. The Kier molecular flexibility index (Phi) is 5.49. The molecule has 0 bridgehead atoms. The number of aryl methyl sites for hydroxylation is 1. The summed E-state index contributed by atoms with van der Waals surface area (Å²) in [5.41, 5.74) is 7.44. The lowest BCUT2D eigenvalue weighted by Crippen LogP contribution is -2.44. The van der Waals surface area contributed by atoms with Crippen molar-refractivity contribution < 1.29 is 0 Å². The highest BCUT2D eigenvalue weighted by Gasteiger charge is 2.14. The molecule has 1 fully saturated rings. The standard InChI is InChI=1S/C24H30N4/c1-4-21-18(2)26-24-8-6-5-7-22(24)23(21)17-25-19-9-11-20(12-10-19)28-15-13-27(3)14-16-28/h5-12,25H,4,13-17H2,1-3H3. The molecule has 28 heavy (non-hydrogen) atoms. The van der Waals surface area contributed by atoms with E-state index in [-0.39, 0.29) is 0 Å². The molecule has 1 aliphatic rings. The third-order valence-electron chi connectivity index (χ3n) is 5.88. The average Bonchev–Trinajstić information content (AvgIpc) is 2.72. The molecule has 0 saturated carbocycles. The number of hydrogen-bond acceptors (Lipinski definition) is 4. The van der Waals surface area contributed by atoms with Crippen LogP contribution in [-0.4, -0.2) is 43.1 Å². The van der Waals surface area contributed by atoms with Crippen molar-refractivity contribution in [3.63, 3.8) is 0 Å². The van der Waals surface area contributed by atoms with E-state index >= 15 is 0 Å². The number of aromatic nitrogens is 1. The van der Waals surface area contributed by atoms with Gasteiger partial charge in [0.1, 0.15) is 0 Å². The minimum absolute atomic E-state index is 0.820. The van der Waals surface area contributed by atoms with Gasteiger partial charge in [0.2, 0.25) is 0 Å². The van der Waals surface area contributed by atoms with Crippen molar-refractivity contribution in [3.8, 4) is 0 Å². The quantitative estimate of drug-likeness (QED) is 0.714. The van der Waals surface area contributed by atoms with E-state index in [9.17, 15) is 0 Å². The van der Waals surface area contributed by atoms with Crippen molar-refractivity contribution in [2.24, 2.45) is 0 Å². The highest BCUT2D eigenvalue weighted by molar-refractivity contribution is 5.84. The first-order chi connectivity index (χ1) is 13.7. The lowest BCUT2D eigenvalue weighted by molar-refractivity contribution is 0.313. The largest absolute Gasteiger partial charge is 0.381 e. The molecule has 0 atom stereocenters. The predicted molar refractivity (Wildman–Crippen MR) is 119 cm³/mol. The van der Waals surface area contributed by atoms with Crippen molar-refractivity contribution in [2.75, 3.05) is 43.4 Å². The number of nitrogens with one attached hydrogen (secondary N) is 1. The molecule has 4 heteroatoms. The van der Waals surface area contributed by atoms with E-state index in [4.69, 9.17) is 4.98 Å². The van der Waals surface area contributed by atoms with E-state index in [1.54, 1.807) is 0 Å². The minimum atomic E-state index is 0.820. The van der Waals surface area contributed by atoms with Crippen LogP contribution in [0.25, 0.3) is 10.9 Å². The Morgan fingerprint density at radius 2 is 1.64 bits per heavy atom. The zero-order chi connectivity index (χ0) is 19.5. The van der Waals surface area contributed by atoms with Crippen molar-refractivity contribution in [1.29, 1.82) is 0 Å². The van der Waals surface area contributed by atoms with Gasteiger partial charge in [-0.1, -0.05) is 25.1 Å². The van der Waals surface area contributed by atoms with Gasteiger partial charge in [-0.05, 0) is 61.9 Å². The van der Waals surface area contributed by atoms with Gasteiger partial charge in [0.05, 0.1) is 5.52 Å². The maximum absolute atomic E-state index is 4.79. The Labute approximate surface area is 168 Å². The summed E-state index contributed by atoms with van der Waals surface area (Å²) in [4.78, 5) is 9.65. The van der Waals surface area contributed by atoms with Gasteiger partial charge >= 0.3 is 0 Å². The molecule has 0 spiro atoms. The third-order valence-corrected chi connectivity index (χ3v) is 5.88. The van der Waals surface area contributed by atoms with Crippen LogP contribution in [0.2, 0.25) is 0 Å². The fraction of sp³-hybridized carbons (Fsp3) is 0.375. The van der Waals surface area contributed by atoms with Crippen LogP contribution < -0.4 is 10.2 Å². The second-order valence-electron chi connectivity index (χ2n) is 7.72. The van der Waals surface area contributed by atoms with Crippen molar-refractivity contribution in [1.82, 2.24) is 9.88 Å². The summed E-state index contributed by atoms with van der Waals surface area (Å²) in [6.07, 6.45) is 1.00. The molecule has 4 nitrogen and oxygen atoms in total. The predicted octanol–water partition coefficient (Wildman–Crippen LogP) is 4.47. The average molecular weight is 375 g/mol. The Morgan fingerprint density at radius 1 is 0.929 bits per heavy atom. The first kappa shape index (κ1) is 18.8. The maximum Gasteiger partial charge on any atom is 0.0708 e. The number of benzene rings is 2. The van der Waals surface area contributed by atoms with Gasteiger partial charge in [-0.25, -0.2) is 0 Å². The van der Waals surface area contributed by atoms with E-state index < -0.39 is 0 Å². The van der Waals surface area contributed by atoms with Crippen LogP contribution in [0.1, 0.15) is 23.7 Å². The molecule has 2 heterocycles. The molecular weight excluding hydrogens is 344 g/mol. The van der Waals surface area contributed by atoms with Crippen LogP contribution in [0, 0.1) is 6.92 Å². The summed E-state index contributed by atoms with van der Waals surface area (Å²) in [5.74, 6) is 0. The number of nitrogens with zero attached hydrogens (tertiary/aromatic N) is 3. The fourth-order valence-electron chi connectivity index (χ4n) is 4.17. The maximum atomic E-state index is 4.79. The Morgan fingerprint density at radius 3 is 2.36 bits per heavy atom. The van der Waals surface area contributed by atoms with E-state index in [2.05, 4.69) is 84.5 Å². The SMILES string of the molecule is CCc1c(C)nc2ccccc2c1CNc1ccc(N2CCN(C)CC2)cc1. The summed E-state index contributed by atoms with van der Waals surface area (Å²) in [6.45, 7) is 9.63. The van der Waals surface area contributed by atoms with Crippen LogP contribution in [0.4, 0.5) is 11.4 Å². The Bertz CT molecular complexity index is 941. The summed E-state index contributed by atoms with van der Waals surface area (Å²) >= 11 is 0. The Balaban J connectivity index is 1.52. The molecule has 2 aromatic carbocycles. The van der Waals surface area contributed by atoms with Gasteiger partial charge in [-0.3, -0.25) is 4.98 Å². The first-order valence-electron chi connectivity index (χ1n) is 10.3. The van der Waals surface area contributed by atoms with Gasteiger partial charge in [-0.15, -0.1) is 0 Å². The number of hydrogen-bond donors (Lipinski definition) is 1. The minimum Gasteiger partial charge on any atom is -0.381 e. The van der Waals surface area contributed by atoms with Gasteiger partial charge < -0.3 is 15.1 Å². The van der Waals surface area contributed by atoms with E-state index in [1.807, 2.05) is 0 Å². The molecule has 1 N–H and O–H groups in total. The van der Waals surface area contributed by atoms with Crippen LogP contribution in [0.3, 0.4) is 0 Å². The first-order valence-corrected chi connectivity index (χ1v) is 10.3. The molecule has 1 saturated heterocycles. The lowest BCUT2D eigenvalue weighted by atomic mass is 9.98. The number of piperazine rings is 1. The molecule has 0 radical (unpaired) electrons. The molecule has 146 valence electrons. The van der Waals surface area contributed by atoms with Crippen molar-refractivity contribution in [3.05, 3.63) is 65.4 Å². The highest BCUT2D eigenvalue weighted by Crippen LogP contribution is 2.26. The zero-order valence-electron chi connectivity index (χ0n) is 17.2. The molecule has 0 aliphatic carbocycles. The molecule has 1 aliphatic heterocycles. The summed E-state index contributed by atoms with van der Waals surface area (Å²) in [7, 11) is 2.19. The fourth-order valence-corrected chi connectivity index (χ4v) is 4.17. The van der Waals surface area contributed by atoms with Crippen LogP contribution in [0.15, 0.2) is 48.5 Å². The van der Waals surface area contributed by atoms with Gasteiger partial charge in [-0.2, -0.15) is 0 Å². The summed E-state index contributed by atoms with van der Waals surface area (Å²) in [6, 6.07) is 17.4. The molecule has 0 unspecified atom stereocenters. The van der Waals surface area contributed by atoms with Crippen molar-refractivity contribution >= 4 is 22.3 Å². The van der Waals surface area contributed by atoms with E-state index in [0.717, 1.165) is 50.4 Å². The normalized spacial score (nSPS) is 15.2. The summed E-state index contributed by atoms with van der Waals surface area (Å²) in [5, 5.41) is 4.89. The zero-order valence-corrected chi connectivity index (χ0v) is 17.2. The van der Waals surface area contributed by atoms with Gasteiger partial charge in [0.15, 0.2) is 0 Å². The number of likely N-dealkylation sites (N-methyl/N-ethyl adjacent to an activating group) is 1. The van der Waals surface area contributed by atoms with Crippen LogP contribution in [0.5, 0.6) is 0 Å². The van der Waals surface area contributed by atoms with Gasteiger partial charge in [0, 0.05) is 55.2 Å². The lowest BCUT2D eigenvalue weighted by Gasteiger charge is -2.34. The molecule has 4 rings (SSSR count). The third kappa shape index (κ3) is 3.83. The number of pyridine rings is 1. The molecule has 1 aromatic heterocycles. The second-order valence-corrected chi connectivity index (χ2v) is 7.72. The molecular formula is C24H30N4. The van der Waals surface area contributed by atoms with Crippen molar-refractivity contribution in [2.45, 2.75) is 26.8 Å². The smallest absolute Gasteiger partial charge is 0.0708 e. The number of anilines is 2. The number of fused-ring (bicyclic) bond motifs is 1. The topological polar surface area (TPSA) is 31.4 Å².